The molecule has 0 aromatic rings. The SMILES string of the molecule is CC(=O)NC(C)C(=O)NC1C2CCC(C2)C1CO. The molecule has 0 aliphatic heterocycles. The van der Waals surface area contributed by atoms with E-state index in [-0.39, 0.29) is 30.4 Å². The van der Waals surface area contributed by atoms with E-state index in [0.717, 1.165) is 12.8 Å². The summed E-state index contributed by atoms with van der Waals surface area (Å²) in [7, 11) is 0. The van der Waals surface area contributed by atoms with Crippen molar-refractivity contribution in [2.24, 2.45) is 17.8 Å². The normalized spacial score (nSPS) is 35.3. The minimum Gasteiger partial charge on any atom is -0.396 e. The summed E-state index contributed by atoms with van der Waals surface area (Å²) in [6.07, 6.45) is 3.43. The second-order valence-electron chi connectivity index (χ2n) is 5.64. The van der Waals surface area contributed by atoms with Gasteiger partial charge >= 0.3 is 0 Å². The molecule has 0 radical (unpaired) electrons. The fourth-order valence-corrected chi connectivity index (χ4v) is 3.56. The second-order valence-corrected chi connectivity index (χ2v) is 5.64. The lowest BCUT2D eigenvalue weighted by molar-refractivity contribution is -0.128. The van der Waals surface area contributed by atoms with Crippen molar-refractivity contribution < 1.29 is 14.7 Å². The molecule has 5 nitrogen and oxygen atoms in total. The van der Waals surface area contributed by atoms with Crippen LogP contribution in [0.4, 0.5) is 0 Å². The monoisotopic (exact) mass is 254 g/mol. The van der Waals surface area contributed by atoms with E-state index in [0.29, 0.717) is 11.8 Å². The van der Waals surface area contributed by atoms with Gasteiger partial charge in [-0.15, -0.1) is 0 Å². The molecule has 3 N–H and O–H groups in total. The van der Waals surface area contributed by atoms with Gasteiger partial charge < -0.3 is 15.7 Å². The van der Waals surface area contributed by atoms with Gasteiger partial charge in [-0.2, -0.15) is 0 Å². The van der Waals surface area contributed by atoms with Gasteiger partial charge in [0, 0.05) is 25.5 Å². The average molecular weight is 254 g/mol. The van der Waals surface area contributed by atoms with Crippen molar-refractivity contribution in [1.29, 1.82) is 0 Å². The number of nitrogens with one attached hydrogen (secondary N) is 2. The van der Waals surface area contributed by atoms with Gasteiger partial charge in [0.1, 0.15) is 6.04 Å². The van der Waals surface area contributed by atoms with E-state index < -0.39 is 6.04 Å². The molecular weight excluding hydrogens is 232 g/mol. The molecule has 0 aromatic heterocycles. The molecule has 18 heavy (non-hydrogen) atoms. The summed E-state index contributed by atoms with van der Waals surface area (Å²) in [5, 5.41) is 15.0. The highest BCUT2D eigenvalue weighted by Crippen LogP contribution is 2.48. The van der Waals surface area contributed by atoms with Crippen LogP contribution < -0.4 is 10.6 Å². The van der Waals surface area contributed by atoms with Crippen molar-refractivity contribution in [3.8, 4) is 0 Å². The van der Waals surface area contributed by atoms with Crippen molar-refractivity contribution >= 4 is 11.8 Å². The van der Waals surface area contributed by atoms with E-state index in [1.165, 1.54) is 13.3 Å². The standard InChI is InChI=1S/C13H22N2O3/c1-7(14-8(2)17)13(18)15-12-10-4-3-9(5-10)11(12)6-16/h7,9-12,16H,3-6H2,1-2H3,(H,14,17)(H,15,18). The fourth-order valence-electron chi connectivity index (χ4n) is 3.56. The molecule has 0 aromatic carbocycles. The van der Waals surface area contributed by atoms with Gasteiger partial charge in [-0.05, 0) is 38.0 Å². The lowest BCUT2D eigenvalue weighted by Crippen LogP contribution is -2.52. The van der Waals surface area contributed by atoms with Gasteiger partial charge in [-0.3, -0.25) is 9.59 Å². The number of aliphatic hydroxyl groups excluding tert-OH is 1. The predicted molar refractivity (Wildman–Crippen MR) is 66.6 cm³/mol. The maximum absolute atomic E-state index is 12.0. The number of hydrogen-bond donors (Lipinski definition) is 3. The summed E-state index contributed by atoms with van der Waals surface area (Å²) >= 11 is 0. The Labute approximate surface area is 107 Å². The van der Waals surface area contributed by atoms with Crippen LogP contribution in [0.25, 0.3) is 0 Å². The van der Waals surface area contributed by atoms with Crippen LogP contribution in [0.3, 0.4) is 0 Å². The van der Waals surface area contributed by atoms with Crippen LogP contribution >= 0.6 is 0 Å². The predicted octanol–water partition coefficient (Wildman–Crippen LogP) is 0.0342. The molecule has 2 aliphatic rings. The molecule has 102 valence electrons. The van der Waals surface area contributed by atoms with Crippen molar-refractivity contribution in [2.45, 2.75) is 45.2 Å². The Morgan fingerprint density at radius 3 is 2.61 bits per heavy atom. The highest BCUT2D eigenvalue weighted by Gasteiger charge is 2.47. The van der Waals surface area contributed by atoms with Crippen LogP contribution in [-0.2, 0) is 9.59 Å². The van der Waals surface area contributed by atoms with E-state index in [4.69, 9.17) is 0 Å². The maximum atomic E-state index is 12.0. The molecule has 0 heterocycles. The van der Waals surface area contributed by atoms with Crippen LogP contribution in [-0.4, -0.2) is 35.6 Å². The second kappa shape index (κ2) is 5.26. The molecule has 5 heteroatoms. The lowest BCUT2D eigenvalue weighted by Gasteiger charge is -2.31. The number of fused-ring (bicyclic) bond motifs is 2. The third kappa shape index (κ3) is 2.51. The topological polar surface area (TPSA) is 78.4 Å². The molecule has 5 unspecified atom stereocenters. The van der Waals surface area contributed by atoms with Crippen molar-refractivity contribution in [3.63, 3.8) is 0 Å². The first-order valence-corrected chi connectivity index (χ1v) is 6.71. The van der Waals surface area contributed by atoms with Crippen LogP contribution in [0.5, 0.6) is 0 Å². The molecule has 0 spiro atoms. The first kappa shape index (κ1) is 13.3. The van der Waals surface area contributed by atoms with Gasteiger partial charge in [0.05, 0.1) is 0 Å². The summed E-state index contributed by atoms with van der Waals surface area (Å²) < 4.78 is 0. The number of carbonyl (C=O) groups excluding carboxylic acids is 2. The van der Waals surface area contributed by atoms with E-state index >= 15 is 0 Å². The van der Waals surface area contributed by atoms with E-state index in [1.54, 1.807) is 6.92 Å². The molecule has 2 aliphatic carbocycles. The first-order chi connectivity index (χ1) is 8.52. The van der Waals surface area contributed by atoms with Gasteiger partial charge in [-0.25, -0.2) is 0 Å². The van der Waals surface area contributed by atoms with Crippen molar-refractivity contribution in [3.05, 3.63) is 0 Å². The third-order valence-electron chi connectivity index (χ3n) is 4.42. The molecule has 2 fully saturated rings. The number of amides is 2. The van der Waals surface area contributed by atoms with Crippen LogP contribution in [0.15, 0.2) is 0 Å². The zero-order valence-corrected chi connectivity index (χ0v) is 11.0. The van der Waals surface area contributed by atoms with Gasteiger partial charge in [-0.1, -0.05) is 0 Å². The zero-order chi connectivity index (χ0) is 13.3. The Bertz CT molecular complexity index is 345. The smallest absolute Gasteiger partial charge is 0.242 e. The van der Waals surface area contributed by atoms with Crippen molar-refractivity contribution in [2.75, 3.05) is 6.61 Å². The van der Waals surface area contributed by atoms with Crippen LogP contribution in [0, 0.1) is 17.8 Å². The molecule has 2 amide bonds. The minimum absolute atomic E-state index is 0.0810. The van der Waals surface area contributed by atoms with Crippen LogP contribution in [0.2, 0.25) is 0 Å². The number of aliphatic hydroxyl groups is 1. The van der Waals surface area contributed by atoms with E-state index in [2.05, 4.69) is 10.6 Å². The highest BCUT2D eigenvalue weighted by atomic mass is 16.3. The van der Waals surface area contributed by atoms with Gasteiger partial charge in [0.25, 0.3) is 0 Å². The quantitative estimate of drug-likeness (QED) is 0.662. The Morgan fingerprint density at radius 1 is 1.33 bits per heavy atom. The van der Waals surface area contributed by atoms with Crippen molar-refractivity contribution in [1.82, 2.24) is 10.6 Å². The van der Waals surface area contributed by atoms with E-state index in [9.17, 15) is 14.7 Å². The summed E-state index contributed by atoms with van der Waals surface area (Å²) in [5.74, 6) is 0.893. The Balaban J connectivity index is 1.92. The Kier molecular flexibility index (Phi) is 3.90. The maximum Gasteiger partial charge on any atom is 0.242 e. The van der Waals surface area contributed by atoms with Crippen LogP contribution in [0.1, 0.15) is 33.1 Å². The molecule has 2 bridgehead atoms. The van der Waals surface area contributed by atoms with Gasteiger partial charge in [0.2, 0.25) is 11.8 Å². The Morgan fingerprint density at radius 2 is 2.00 bits per heavy atom. The summed E-state index contributed by atoms with van der Waals surface area (Å²) in [6.45, 7) is 3.22. The number of rotatable bonds is 4. The van der Waals surface area contributed by atoms with E-state index in [1.807, 2.05) is 0 Å². The largest absolute Gasteiger partial charge is 0.396 e. The fraction of sp³-hybridized carbons (Fsp3) is 0.846. The third-order valence-corrected chi connectivity index (χ3v) is 4.42. The summed E-state index contributed by atoms with van der Waals surface area (Å²) in [4.78, 5) is 22.9. The first-order valence-electron chi connectivity index (χ1n) is 6.71. The Hall–Kier alpha value is -1.10. The highest BCUT2D eigenvalue weighted by molar-refractivity contribution is 5.86. The molecule has 2 saturated carbocycles. The molecule has 0 saturated heterocycles. The summed E-state index contributed by atoms with van der Waals surface area (Å²) in [6, 6.07) is -0.432. The number of hydrogen-bond acceptors (Lipinski definition) is 3. The number of carbonyl (C=O) groups is 2. The minimum atomic E-state index is -0.513. The average Bonchev–Trinajstić information content (AvgIpc) is 2.88. The lowest BCUT2D eigenvalue weighted by atomic mass is 9.85. The molecule has 5 atom stereocenters. The zero-order valence-electron chi connectivity index (χ0n) is 11.0. The molecule has 2 rings (SSSR count). The van der Waals surface area contributed by atoms with Gasteiger partial charge in [0.15, 0.2) is 0 Å². The molecular formula is C13H22N2O3. The summed E-state index contributed by atoms with van der Waals surface area (Å²) in [5.41, 5.74) is 0.